The summed E-state index contributed by atoms with van der Waals surface area (Å²) in [5, 5.41) is 13.0. The Morgan fingerprint density at radius 1 is 1.30 bits per heavy atom. The Labute approximate surface area is 135 Å². The van der Waals surface area contributed by atoms with Crippen LogP contribution in [0.15, 0.2) is 23.1 Å². The van der Waals surface area contributed by atoms with Crippen molar-refractivity contribution in [2.24, 2.45) is 5.92 Å². The van der Waals surface area contributed by atoms with E-state index in [2.05, 4.69) is 10.2 Å². The number of carbonyl (C=O) groups is 1. The Morgan fingerprint density at radius 3 is 2.78 bits per heavy atom. The molecule has 2 unspecified atom stereocenters. The maximum Gasteiger partial charge on any atom is 0.294 e. The molecule has 2 heterocycles. The number of benzene rings is 1. The number of nitrogens with zero attached hydrogens (tertiary/aromatic N) is 1. The molecule has 0 bridgehead atoms. The van der Waals surface area contributed by atoms with Gasteiger partial charge in [-0.05, 0) is 37.0 Å². The van der Waals surface area contributed by atoms with Crippen LogP contribution >= 0.6 is 0 Å². The minimum absolute atomic E-state index is 0.0558. The van der Waals surface area contributed by atoms with Gasteiger partial charge in [0.1, 0.15) is 0 Å². The molecule has 23 heavy (non-hydrogen) atoms. The molecule has 2 aliphatic rings. The number of fused-ring (bicyclic) bond motifs is 1. The number of anilines is 1. The average molecular weight is 340 g/mol. The highest BCUT2D eigenvalue weighted by Crippen LogP contribution is 2.36. The molecule has 3 rings (SSSR count). The van der Waals surface area contributed by atoms with Crippen LogP contribution in [-0.2, 0) is 14.9 Å². The molecule has 1 amide bonds. The fraction of sp³-hybridized carbons (Fsp3) is 0.533. The Hall–Kier alpha value is -1.64. The Bertz CT molecular complexity index is 719. The van der Waals surface area contributed by atoms with Crippen molar-refractivity contribution in [3.63, 3.8) is 0 Å². The second-order valence-corrected chi connectivity index (χ2v) is 7.58. The van der Waals surface area contributed by atoms with Crippen LogP contribution in [0.2, 0.25) is 0 Å². The molecule has 0 saturated carbocycles. The summed E-state index contributed by atoms with van der Waals surface area (Å²) in [6, 6.07) is 4.28. The SMILES string of the molecule is O=C1CC(CN2CCC(O)c3cc(S(=O)(=O)O)ccc32)CCN1. The molecule has 0 radical (unpaired) electrons. The van der Waals surface area contributed by atoms with Crippen LogP contribution in [0, 0.1) is 5.92 Å². The van der Waals surface area contributed by atoms with Gasteiger partial charge in [-0.15, -0.1) is 0 Å². The number of carbonyl (C=O) groups excluding carboxylic acids is 1. The second-order valence-electron chi connectivity index (χ2n) is 6.15. The van der Waals surface area contributed by atoms with E-state index in [1.807, 2.05) is 0 Å². The third-order valence-corrected chi connectivity index (χ3v) is 5.35. The van der Waals surface area contributed by atoms with Crippen LogP contribution in [0.3, 0.4) is 0 Å². The van der Waals surface area contributed by atoms with Crippen molar-refractivity contribution in [3.05, 3.63) is 23.8 Å². The third-order valence-electron chi connectivity index (χ3n) is 4.50. The van der Waals surface area contributed by atoms with Gasteiger partial charge in [0.15, 0.2) is 0 Å². The molecule has 126 valence electrons. The van der Waals surface area contributed by atoms with E-state index in [1.54, 1.807) is 6.07 Å². The summed E-state index contributed by atoms with van der Waals surface area (Å²) in [5.41, 5.74) is 1.27. The summed E-state index contributed by atoms with van der Waals surface area (Å²) < 4.78 is 31.7. The largest absolute Gasteiger partial charge is 0.388 e. The maximum atomic E-state index is 11.5. The van der Waals surface area contributed by atoms with Gasteiger partial charge in [0.05, 0.1) is 11.0 Å². The first kappa shape index (κ1) is 16.2. The fourth-order valence-electron chi connectivity index (χ4n) is 3.31. The van der Waals surface area contributed by atoms with Gasteiger partial charge in [0.25, 0.3) is 10.1 Å². The fourth-order valence-corrected chi connectivity index (χ4v) is 3.83. The lowest BCUT2D eigenvalue weighted by Crippen LogP contribution is -2.41. The molecular formula is C15H20N2O5S. The zero-order valence-corrected chi connectivity index (χ0v) is 13.4. The minimum atomic E-state index is -4.29. The van der Waals surface area contributed by atoms with E-state index in [-0.39, 0.29) is 16.7 Å². The van der Waals surface area contributed by atoms with Crippen LogP contribution in [0.4, 0.5) is 5.69 Å². The predicted octanol–water partition coefficient (Wildman–Crippen LogP) is 0.703. The van der Waals surface area contributed by atoms with Gasteiger partial charge < -0.3 is 15.3 Å². The second kappa shape index (κ2) is 6.10. The molecule has 1 aromatic carbocycles. The maximum absolute atomic E-state index is 11.5. The zero-order valence-electron chi connectivity index (χ0n) is 12.6. The number of hydrogen-bond acceptors (Lipinski definition) is 5. The van der Waals surface area contributed by atoms with Crippen molar-refractivity contribution in [2.75, 3.05) is 24.5 Å². The number of rotatable bonds is 3. The van der Waals surface area contributed by atoms with E-state index in [4.69, 9.17) is 4.55 Å². The summed E-state index contributed by atoms with van der Waals surface area (Å²) >= 11 is 0. The molecule has 2 aliphatic heterocycles. The molecule has 0 spiro atoms. The van der Waals surface area contributed by atoms with E-state index in [9.17, 15) is 18.3 Å². The normalized spacial score (nSPS) is 25.0. The number of aliphatic hydroxyl groups excluding tert-OH is 1. The number of nitrogens with one attached hydrogen (secondary N) is 1. The van der Waals surface area contributed by atoms with Gasteiger partial charge in [-0.25, -0.2) is 0 Å². The van der Waals surface area contributed by atoms with Crippen molar-refractivity contribution in [3.8, 4) is 0 Å². The number of aliphatic hydroxyl groups is 1. The van der Waals surface area contributed by atoms with Crippen LogP contribution in [0.25, 0.3) is 0 Å². The first-order valence-corrected chi connectivity index (χ1v) is 9.10. The zero-order chi connectivity index (χ0) is 16.6. The van der Waals surface area contributed by atoms with Gasteiger partial charge in [-0.2, -0.15) is 8.42 Å². The third kappa shape index (κ3) is 3.49. The summed E-state index contributed by atoms with van der Waals surface area (Å²) in [6.45, 7) is 2.02. The van der Waals surface area contributed by atoms with Crippen LogP contribution in [0.1, 0.15) is 30.9 Å². The average Bonchev–Trinajstić information content (AvgIpc) is 2.49. The highest BCUT2D eigenvalue weighted by Gasteiger charge is 2.28. The van der Waals surface area contributed by atoms with Gasteiger partial charge in [0.2, 0.25) is 5.91 Å². The smallest absolute Gasteiger partial charge is 0.294 e. The molecule has 0 aromatic heterocycles. The van der Waals surface area contributed by atoms with E-state index in [0.29, 0.717) is 38.0 Å². The molecule has 3 N–H and O–H groups in total. The van der Waals surface area contributed by atoms with Crippen LogP contribution in [0.5, 0.6) is 0 Å². The molecule has 0 aliphatic carbocycles. The van der Waals surface area contributed by atoms with Crippen molar-refractivity contribution in [1.29, 1.82) is 0 Å². The van der Waals surface area contributed by atoms with Crippen molar-refractivity contribution < 1.29 is 22.9 Å². The van der Waals surface area contributed by atoms with Crippen molar-refractivity contribution in [2.45, 2.75) is 30.3 Å². The first-order valence-electron chi connectivity index (χ1n) is 7.66. The molecular weight excluding hydrogens is 320 g/mol. The summed E-state index contributed by atoms with van der Waals surface area (Å²) in [4.78, 5) is 13.4. The van der Waals surface area contributed by atoms with Crippen molar-refractivity contribution in [1.82, 2.24) is 5.32 Å². The lowest BCUT2D eigenvalue weighted by atomic mass is 9.93. The quantitative estimate of drug-likeness (QED) is 0.700. The first-order chi connectivity index (χ1) is 10.8. The van der Waals surface area contributed by atoms with Gasteiger partial charge in [-0.3, -0.25) is 9.35 Å². The summed E-state index contributed by atoms with van der Waals surface area (Å²) in [7, 11) is -4.29. The standard InChI is InChI=1S/C15H20N2O5S/c18-14-4-6-17(9-10-3-5-16-15(19)7-10)13-2-1-11(8-12(13)14)23(20,21)22/h1-2,8,10,14,18H,3-7,9H2,(H,16,19)(H,20,21,22). The van der Waals surface area contributed by atoms with E-state index < -0.39 is 16.2 Å². The number of piperidine rings is 1. The molecule has 1 fully saturated rings. The lowest BCUT2D eigenvalue weighted by Gasteiger charge is -2.37. The molecule has 8 heteroatoms. The lowest BCUT2D eigenvalue weighted by molar-refractivity contribution is -0.123. The topological polar surface area (TPSA) is 107 Å². The van der Waals surface area contributed by atoms with Gasteiger partial charge >= 0.3 is 0 Å². The minimum Gasteiger partial charge on any atom is -0.388 e. The Balaban J connectivity index is 1.86. The predicted molar refractivity (Wildman–Crippen MR) is 83.8 cm³/mol. The summed E-state index contributed by atoms with van der Waals surface area (Å²) in [6.07, 6.45) is 1.12. The van der Waals surface area contributed by atoms with Crippen LogP contribution in [-0.4, -0.2) is 43.6 Å². The van der Waals surface area contributed by atoms with Crippen LogP contribution < -0.4 is 10.2 Å². The highest BCUT2D eigenvalue weighted by atomic mass is 32.2. The Morgan fingerprint density at radius 2 is 2.09 bits per heavy atom. The monoisotopic (exact) mass is 340 g/mol. The van der Waals surface area contributed by atoms with Crippen molar-refractivity contribution >= 4 is 21.7 Å². The highest BCUT2D eigenvalue weighted by molar-refractivity contribution is 7.85. The van der Waals surface area contributed by atoms with E-state index >= 15 is 0 Å². The molecule has 1 saturated heterocycles. The van der Waals surface area contributed by atoms with Gasteiger partial charge in [0, 0.05) is 37.3 Å². The molecule has 7 nitrogen and oxygen atoms in total. The number of amides is 1. The van der Waals surface area contributed by atoms with Gasteiger partial charge in [-0.1, -0.05) is 0 Å². The molecule has 1 aromatic rings. The Kier molecular flexibility index (Phi) is 4.31. The summed E-state index contributed by atoms with van der Waals surface area (Å²) in [5.74, 6) is 0.299. The van der Waals surface area contributed by atoms with E-state index in [0.717, 1.165) is 12.1 Å². The van der Waals surface area contributed by atoms with E-state index in [1.165, 1.54) is 12.1 Å². The number of hydrogen-bond donors (Lipinski definition) is 3. The molecule has 2 atom stereocenters.